The summed E-state index contributed by atoms with van der Waals surface area (Å²) < 4.78 is 5.88. The minimum atomic E-state index is 0.678. The lowest BCUT2D eigenvalue weighted by Crippen LogP contribution is -1.81. The van der Waals surface area contributed by atoms with Gasteiger partial charge in [0.25, 0.3) is 0 Å². The molecule has 9 heavy (non-hydrogen) atoms. The lowest BCUT2D eigenvalue weighted by molar-refractivity contribution is 0.398. The molecule has 0 saturated heterocycles. The highest BCUT2D eigenvalue weighted by Gasteiger charge is 2.03. The molecule has 2 nitrogen and oxygen atoms in total. The number of nitrogens with zero attached hydrogens (tertiary/aromatic N) is 1. The third-order valence-corrected chi connectivity index (χ3v) is 2.42. The summed E-state index contributed by atoms with van der Waals surface area (Å²) >= 11 is 4.88. The monoisotopic (exact) mass is 207 g/mol. The second kappa shape index (κ2) is 2.66. The third kappa shape index (κ3) is 1.43. The molecule has 0 aliphatic rings. The Hall–Kier alpha value is -0.0900. The van der Waals surface area contributed by atoms with Gasteiger partial charge < -0.3 is 4.74 Å². The van der Waals surface area contributed by atoms with Crippen LogP contribution >= 0.6 is 27.3 Å². The van der Waals surface area contributed by atoms with Crippen molar-refractivity contribution >= 4 is 27.3 Å². The molecule has 1 rings (SSSR count). The normalized spacial score (nSPS) is 9.67. The predicted octanol–water partition coefficient (Wildman–Crippen LogP) is 2.22. The van der Waals surface area contributed by atoms with Crippen LogP contribution in [-0.2, 0) is 0 Å². The first-order valence-corrected chi connectivity index (χ1v) is 4.02. The van der Waals surface area contributed by atoms with Gasteiger partial charge in [0, 0.05) is 0 Å². The molecular formula is C5H6BrNOS. The van der Waals surface area contributed by atoms with Crippen molar-refractivity contribution in [1.82, 2.24) is 4.98 Å². The van der Waals surface area contributed by atoms with Crippen LogP contribution in [0.3, 0.4) is 0 Å². The van der Waals surface area contributed by atoms with Gasteiger partial charge in [-0.1, -0.05) is 0 Å². The molecule has 0 aromatic carbocycles. The summed E-state index contributed by atoms with van der Waals surface area (Å²) in [5.74, 6) is 0.678. The fraction of sp³-hybridized carbons (Fsp3) is 0.400. The van der Waals surface area contributed by atoms with Crippen molar-refractivity contribution in [3.05, 3.63) is 8.79 Å². The van der Waals surface area contributed by atoms with E-state index in [1.165, 1.54) is 0 Å². The van der Waals surface area contributed by atoms with E-state index >= 15 is 0 Å². The molecule has 0 bridgehead atoms. The Kier molecular flexibility index (Phi) is 2.08. The maximum absolute atomic E-state index is 4.92. The first kappa shape index (κ1) is 7.02. The maximum atomic E-state index is 4.92. The summed E-state index contributed by atoms with van der Waals surface area (Å²) in [4.78, 5) is 4.08. The number of rotatable bonds is 1. The summed E-state index contributed by atoms with van der Waals surface area (Å²) in [7, 11) is 1.61. The van der Waals surface area contributed by atoms with Crippen molar-refractivity contribution in [3.8, 4) is 5.88 Å². The van der Waals surface area contributed by atoms with Gasteiger partial charge in [-0.05, 0) is 22.9 Å². The second-order valence-electron chi connectivity index (χ2n) is 1.52. The quantitative estimate of drug-likeness (QED) is 0.705. The van der Waals surface area contributed by atoms with Crippen molar-refractivity contribution in [2.45, 2.75) is 6.92 Å². The number of ether oxygens (including phenoxy) is 1. The lowest BCUT2D eigenvalue weighted by Gasteiger charge is -1.89. The number of aryl methyl sites for hydroxylation is 1. The Morgan fingerprint density at radius 2 is 2.33 bits per heavy atom. The zero-order chi connectivity index (χ0) is 6.85. The average Bonchev–Trinajstić information content (AvgIpc) is 2.10. The minimum Gasteiger partial charge on any atom is -0.480 e. The molecule has 0 fully saturated rings. The van der Waals surface area contributed by atoms with Gasteiger partial charge in [-0.25, -0.2) is 4.98 Å². The molecule has 1 aromatic rings. The Morgan fingerprint density at radius 3 is 2.56 bits per heavy atom. The SMILES string of the molecule is COc1nc(C)sc1Br. The molecule has 4 heteroatoms. The molecule has 0 N–H and O–H groups in total. The predicted molar refractivity (Wildman–Crippen MR) is 41.1 cm³/mol. The van der Waals surface area contributed by atoms with Crippen molar-refractivity contribution in [3.63, 3.8) is 0 Å². The van der Waals surface area contributed by atoms with E-state index in [9.17, 15) is 0 Å². The summed E-state index contributed by atoms with van der Waals surface area (Å²) in [5, 5.41) is 1.01. The standard InChI is InChI=1S/C5H6BrNOS/c1-3-7-5(8-2)4(6)9-3/h1-2H3. The Morgan fingerprint density at radius 1 is 1.67 bits per heavy atom. The van der Waals surface area contributed by atoms with Crippen LogP contribution in [0.5, 0.6) is 5.88 Å². The van der Waals surface area contributed by atoms with Gasteiger partial charge in [-0.3, -0.25) is 0 Å². The summed E-state index contributed by atoms with van der Waals surface area (Å²) in [6.07, 6.45) is 0. The molecule has 0 spiro atoms. The van der Waals surface area contributed by atoms with Gasteiger partial charge in [0.05, 0.1) is 12.1 Å². The minimum absolute atomic E-state index is 0.678. The zero-order valence-corrected chi connectivity index (χ0v) is 7.54. The molecule has 50 valence electrons. The van der Waals surface area contributed by atoms with Crippen LogP contribution in [0.2, 0.25) is 0 Å². The van der Waals surface area contributed by atoms with Crippen LogP contribution in [0.1, 0.15) is 5.01 Å². The smallest absolute Gasteiger partial charge is 0.239 e. The highest BCUT2D eigenvalue weighted by atomic mass is 79.9. The Bertz CT molecular complexity index is 211. The van der Waals surface area contributed by atoms with Crippen LogP contribution in [0.15, 0.2) is 3.79 Å². The topological polar surface area (TPSA) is 22.1 Å². The summed E-state index contributed by atoms with van der Waals surface area (Å²) in [5.41, 5.74) is 0. The van der Waals surface area contributed by atoms with Crippen LogP contribution in [0.25, 0.3) is 0 Å². The van der Waals surface area contributed by atoms with Crippen molar-refractivity contribution in [2.24, 2.45) is 0 Å². The summed E-state index contributed by atoms with van der Waals surface area (Å²) in [6, 6.07) is 0. The molecule has 0 amide bonds. The van der Waals surface area contributed by atoms with Crippen molar-refractivity contribution in [1.29, 1.82) is 0 Å². The van der Waals surface area contributed by atoms with Crippen LogP contribution in [0, 0.1) is 6.92 Å². The van der Waals surface area contributed by atoms with Gasteiger partial charge in [0.15, 0.2) is 0 Å². The van der Waals surface area contributed by atoms with Gasteiger partial charge in [0.2, 0.25) is 5.88 Å². The van der Waals surface area contributed by atoms with Crippen LogP contribution in [-0.4, -0.2) is 12.1 Å². The van der Waals surface area contributed by atoms with E-state index in [0.29, 0.717) is 5.88 Å². The number of halogens is 1. The molecule has 0 saturated carbocycles. The van der Waals surface area contributed by atoms with E-state index < -0.39 is 0 Å². The third-order valence-electron chi connectivity index (χ3n) is 0.858. The summed E-state index contributed by atoms with van der Waals surface area (Å²) in [6.45, 7) is 1.94. The first-order chi connectivity index (χ1) is 4.24. The maximum Gasteiger partial charge on any atom is 0.239 e. The first-order valence-electron chi connectivity index (χ1n) is 2.41. The van der Waals surface area contributed by atoms with Gasteiger partial charge >= 0.3 is 0 Å². The lowest BCUT2D eigenvalue weighted by atomic mass is 10.8. The Labute approximate surface area is 66.0 Å². The van der Waals surface area contributed by atoms with Crippen molar-refractivity contribution < 1.29 is 4.74 Å². The molecule has 0 aliphatic heterocycles. The molecule has 0 unspecified atom stereocenters. The van der Waals surface area contributed by atoms with Crippen LogP contribution < -0.4 is 4.74 Å². The fourth-order valence-electron chi connectivity index (χ4n) is 0.509. The number of hydrogen-bond acceptors (Lipinski definition) is 3. The molecule has 0 radical (unpaired) electrons. The average molecular weight is 208 g/mol. The van der Waals surface area contributed by atoms with E-state index in [0.717, 1.165) is 8.79 Å². The van der Waals surface area contributed by atoms with E-state index in [1.807, 2.05) is 6.92 Å². The number of methoxy groups -OCH3 is 1. The van der Waals surface area contributed by atoms with E-state index in [-0.39, 0.29) is 0 Å². The number of aromatic nitrogens is 1. The van der Waals surface area contributed by atoms with Gasteiger partial charge in [0.1, 0.15) is 3.79 Å². The Balaban J connectivity index is 3.01. The largest absolute Gasteiger partial charge is 0.480 e. The number of hydrogen-bond donors (Lipinski definition) is 0. The highest BCUT2D eigenvalue weighted by molar-refractivity contribution is 9.11. The van der Waals surface area contributed by atoms with Crippen LogP contribution in [0.4, 0.5) is 0 Å². The van der Waals surface area contributed by atoms with E-state index in [1.54, 1.807) is 18.4 Å². The molecular weight excluding hydrogens is 202 g/mol. The van der Waals surface area contributed by atoms with E-state index in [4.69, 9.17) is 4.74 Å². The van der Waals surface area contributed by atoms with E-state index in [2.05, 4.69) is 20.9 Å². The number of thiazole rings is 1. The highest BCUT2D eigenvalue weighted by Crippen LogP contribution is 2.29. The molecule has 1 heterocycles. The molecule has 0 atom stereocenters. The van der Waals surface area contributed by atoms with Gasteiger partial charge in [-0.15, -0.1) is 11.3 Å². The molecule has 0 aliphatic carbocycles. The second-order valence-corrected chi connectivity index (χ2v) is 4.04. The van der Waals surface area contributed by atoms with Crippen molar-refractivity contribution in [2.75, 3.05) is 7.11 Å². The fourth-order valence-corrected chi connectivity index (χ4v) is 2.07. The van der Waals surface area contributed by atoms with Gasteiger partial charge in [-0.2, -0.15) is 0 Å². The zero-order valence-electron chi connectivity index (χ0n) is 5.14. The molecule has 1 aromatic heterocycles.